The Morgan fingerprint density at radius 1 is 1.65 bits per heavy atom. The number of carbonyl (C=O) groups is 1. The summed E-state index contributed by atoms with van der Waals surface area (Å²) >= 11 is 0. The van der Waals surface area contributed by atoms with E-state index in [1.807, 2.05) is 19.3 Å². The molecule has 1 aromatic rings. The summed E-state index contributed by atoms with van der Waals surface area (Å²) in [5, 5.41) is 12.9. The highest BCUT2D eigenvalue weighted by Crippen LogP contribution is 2.49. The van der Waals surface area contributed by atoms with Gasteiger partial charge >= 0.3 is 5.97 Å². The van der Waals surface area contributed by atoms with Crippen LogP contribution in [0.15, 0.2) is 12.3 Å². The average Bonchev–Trinajstić information content (AvgIpc) is 2.80. The van der Waals surface area contributed by atoms with Crippen LogP contribution in [-0.2, 0) is 28.4 Å². The highest BCUT2D eigenvalue weighted by molar-refractivity contribution is 7.84. The second-order valence-electron chi connectivity index (χ2n) is 4.78. The molecule has 1 unspecified atom stereocenters. The first-order chi connectivity index (χ1) is 7.99. The predicted octanol–water partition coefficient (Wildman–Crippen LogP) is 0.924. The standard InChI is InChI=1S/C11H16N2O3S/c1-13-5-2-9(12-13)7-17(16)8-11(3-4-11)6-10(14)15/h2,5H,3-4,6-8H2,1H3,(H,14,15). The number of aryl methyl sites for hydroxylation is 1. The molecule has 1 aliphatic rings. The van der Waals surface area contributed by atoms with Crippen LogP contribution in [0, 0.1) is 5.41 Å². The van der Waals surface area contributed by atoms with E-state index < -0.39 is 16.8 Å². The summed E-state index contributed by atoms with van der Waals surface area (Å²) in [5.74, 6) is 0.107. The third-order valence-electron chi connectivity index (χ3n) is 3.03. The molecule has 0 bridgehead atoms. The summed E-state index contributed by atoms with van der Waals surface area (Å²) in [4.78, 5) is 10.7. The van der Waals surface area contributed by atoms with Gasteiger partial charge in [0.2, 0.25) is 0 Å². The Labute approximate surface area is 102 Å². The molecule has 1 saturated carbocycles. The predicted molar refractivity (Wildman–Crippen MR) is 63.8 cm³/mol. The minimum Gasteiger partial charge on any atom is -0.481 e. The van der Waals surface area contributed by atoms with Crippen LogP contribution in [0.1, 0.15) is 25.0 Å². The Kier molecular flexibility index (Phi) is 3.33. The molecule has 0 amide bonds. The third kappa shape index (κ3) is 3.39. The van der Waals surface area contributed by atoms with Crippen molar-refractivity contribution in [3.8, 4) is 0 Å². The molecule has 1 aliphatic carbocycles. The van der Waals surface area contributed by atoms with Gasteiger partial charge in [-0.25, -0.2) is 0 Å². The van der Waals surface area contributed by atoms with Crippen LogP contribution in [0.4, 0.5) is 0 Å². The van der Waals surface area contributed by atoms with Crippen LogP contribution in [0.2, 0.25) is 0 Å². The average molecular weight is 256 g/mol. The maximum Gasteiger partial charge on any atom is 0.303 e. The van der Waals surface area contributed by atoms with E-state index in [1.165, 1.54) is 0 Å². The van der Waals surface area contributed by atoms with Gasteiger partial charge in [-0.05, 0) is 24.3 Å². The maximum atomic E-state index is 11.9. The first-order valence-corrected chi connectivity index (χ1v) is 7.03. The van der Waals surface area contributed by atoms with Gasteiger partial charge in [-0.2, -0.15) is 5.10 Å². The number of carboxylic acid groups (broad SMARTS) is 1. The fourth-order valence-corrected chi connectivity index (χ4v) is 3.63. The summed E-state index contributed by atoms with van der Waals surface area (Å²) in [5.41, 5.74) is 0.600. The van der Waals surface area contributed by atoms with Crippen molar-refractivity contribution in [2.75, 3.05) is 5.75 Å². The number of nitrogens with zero attached hydrogens (tertiary/aromatic N) is 2. The van der Waals surface area contributed by atoms with Gasteiger partial charge in [-0.1, -0.05) is 0 Å². The summed E-state index contributed by atoms with van der Waals surface area (Å²) in [6.07, 6.45) is 3.72. The Bertz CT molecular complexity index is 451. The van der Waals surface area contributed by atoms with Gasteiger partial charge in [0.05, 0.1) is 17.9 Å². The van der Waals surface area contributed by atoms with Gasteiger partial charge in [-0.15, -0.1) is 0 Å². The monoisotopic (exact) mass is 256 g/mol. The summed E-state index contributed by atoms with van der Waals surface area (Å²) in [6, 6.07) is 1.84. The highest BCUT2D eigenvalue weighted by Gasteiger charge is 2.45. The third-order valence-corrected chi connectivity index (χ3v) is 4.58. The van der Waals surface area contributed by atoms with E-state index in [1.54, 1.807) is 4.68 Å². The number of hydrogen-bond acceptors (Lipinski definition) is 3. The molecule has 1 fully saturated rings. The Morgan fingerprint density at radius 3 is 2.82 bits per heavy atom. The zero-order chi connectivity index (χ0) is 12.5. The highest BCUT2D eigenvalue weighted by atomic mass is 32.2. The van der Waals surface area contributed by atoms with Crippen LogP contribution in [0.25, 0.3) is 0 Å². The van der Waals surface area contributed by atoms with Crippen LogP contribution in [0.3, 0.4) is 0 Å². The Morgan fingerprint density at radius 2 is 2.35 bits per heavy atom. The fraction of sp³-hybridized carbons (Fsp3) is 0.636. The summed E-state index contributed by atoms with van der Waals surface area (Å²) in [6.45, 7) is 0. The lowest BCUT2D eigenvalue weighted by atomic mass is 10.1. The molecule has 0 aromatic carbocycles. The second kappa shape index (κ2) is 4.60. The van der Waals surface area contributed by atoms with E-state index >= 15 is 0 Å². The zero-order valence-corrected chi connectivity index (χ0v) is 10.6. The van der Waals surface area contributed by atoms with E-state index in [2.05, 4.69) is 5.10 Å². The van der Waals surface area contributed by atoms with Crippen molar-refractivity contribution >= 4 is 16.8 Å². The van der Waals surface area contributed by atoms with Gasteiger partial charge < -0.3 is 5.11 Å². The molecule has 0 saturated heterocycles. The minimum absolute atomic E-state index is 0.140. The Hall–Kier alpha value is -1.17. The topological polar surface area (TPSA) is 72.2 Å². The largest absolute Gasteiger partial charge is 0.481 e. The lowest BCUT2D eigenvalue weighted by molar-refractivity contribution is -0.138. The van der Waals surface area contributed by atoms with Crippen molar-refractivity contribution in [2.45, 2.75) is 25.0 Å². The van der Waals surface area contributed by atoms with Gasteiger partial charge in [0.25, 0.3) is 0 Å². The summed E-state index contributed by atoms with van der Waals surface area (Å²) in [7, 11) is 0.798. The Balaban J connectivity index is 1.87. The van der Waals surface area contributed by atoms with E-state index in [4.69, 9.17) is 5.11 Å². The van der Waals surface area contributed by atoms with Crippen molar-refractivity contribution in [2.24, 2.45) is 12.5 Å². The molecule has 17 heavy (non-hydrogen) atoms. The van der Waals surface area contributed by atoms with Crippen molar-refractivity contribution in [1.82, 2.24) is 9.78 Å². The quantitative estimate of drug-likeness (QED) is 0.821. The van der Waals surface area contributed by atoms with Crippen molar-refractivity contribution in [3.63, 3.8) is 0 Å². The molecule has 0 aliphatic heterocycles. The maximum absolute atomic E-state index is 11.9. The first kappa shape index (κ1) is 12.3. The van der Waals surface area contributed by atoms with Gasteiger partial charge in [0.15, 0.2) is 0 Å². The lowest BCUT2D eigenvalue weighted by Crippen LogP contribution is -2.17. The molecule has 1 atom stereocenters. The molecule has 0 radical (unpaired) electrons. The minimum atomic E-state index is -1.02. The van der Waals surface area contributed by atoms with Crippen LogP contribution in [0.5, 0.6) is 0 Å². The molecule has 94 valence electrons. The smallest absolute Gasteiger partial charge is 0.303 e. The molecule has 0 spiro atoms. The van der Waals surface area contributed by atoms with Crippen molar-refractivity contribution in [3.05, 3.63) is 18.0 Å². The van der Waals surface area contributed by atoms with Crippen molar-refractivity contribution in [1.29, 1.82) is 0 Å². The zero-order valence-electron chi connectivity index (χ0n) is 9.76. The number of carboxylic acids is 1. The second-order valence-corrected chi connectivity index (χ2v) is 6.24. The van der Waals surface area contributed by atoms with E-state index in [0.29, 0.717) is 11.5 Å². The molecular formula is C11H16N2O3S. The van der Waals surface area contributed by atoms with Gasteiger partial charge in [-0.3, -0.25) is 13.7 Å². The molecular weight excluding hydrogens is 240 g/mol. The molecule has 2 rings (SSSR count). The molecule has 1 heterocycles. The van der Waals surface area contributed by atoms with Crippen LogP contribution >= 0.6 is 0 Å². The molecule has 1 aromatic heterocycles. The normalized spacial score (nSPS) is 18.9. The molecule has 1 N–H and O–H groups in total. The molecule has 5 nitrogen and oxygen atoms in total. The lowest BCUT2D eigenvalue weighted by Gasteiger charge is -2.10. The number of rotatable bonds is 6. The van der Waals surface area contributed by atoms with E-state index in [9.17, 15) is 9.00 Å². The van der Waals surface area contributed by atoms with Gasteiger partial charge in [0, 0.05) is 29.8 Å². The SMILES string of the molecule is Cn1ccc(CS(=O)CC2(CC(=O)O)CC2)n1. The number of aliphatic carboxylic acids is 1. The van der Waals surface area contributed by atoms with E-state index in [-0.39, 0.29) is 11.8 Å². The van der Waals surface area contributed by atoms with Crippen LogP contribution in [-0.4, -0.2) is 30.8 Å². The van der Waals surface area contributed by atoms with Crippen LogP contribution < -0.4 is 0 Å². The summed E-state index contributed by atoms with van der Waals surface area (Å²) < 4.78 is 13.6. The number of hydrogen-bond donors (Lipinski definition) is 1. The molecule has 6 heteroatoms. The van der Waals surface area contributed by atoms with E-state index in [0.717, 1.165) is 18.5 Å². The first-order valence-electron chi connectivity index (χ1n) is 5.54. The van der Waals surface area contributed by atoms with Gasteiger partial charge in [0.1, 0.15) is 0 Å². The fourth-order valence-electron chi connectivity index (χ4n) is 1.97. The number of aromatic nitrogens is 2. The van der Waals surface area contributed by atoms with Crippen molar-refractivity contribution < 1.29 is 14.1 Å².